The smallest absolute Gasteiger partial charge is 0.190 e. The lowest BCUT2D eigenvalue weighted by atomic mass is 10.1. The third-order valence-corrected chi connectivity index (χ3v) is 4.53. The van der Waals surface area contributed by atoms with Gasteiger partial charge >= 0.3 is 0 Å². The number of hydrogen-bond acceptors (Lipinski definition) is 4. The summed E-state index contributed by atoms with van der Waals surface area (Å²) >= 11 is 1.64. The molecule has 0 aromatic carbocycles. The maximum atomic E-state index is 5.59. The van der Waals surface area contributed by atoms with Crippen molar-refractivity contribution < 1.29 is 4.42 Å². The molecule has 0 spiro atoms. The number of aromatic nitrogens is 2. The van der Waals surface area contributed by atoms with Crippen LogP contribution in [0.5, 0.6) is 0 Å². The van der Waals surface area contributed by atoms with E-state index in [0.29, 0.717) is 6.04 Å². The highest BCUT2D eigenvalue weighted by molar-refractivity contribution is 7.07. The summed E-state index contributed by atoms with van der Waals surface area (Å²) in [6, 6.07) is 8.19. The Morgan fingerprint density at radius 1 is 1.27 bits per heavy atom. The van der Waals surface area contributed by atoms with Gasteiger partial charge in [-0.3, -0.25) is 4.98 Å². The van der Waals surface area contributed by atoms with Gasteiger partial charge in [0.2, 0.25) is 0 Å². The molecule has 22 heavy (non-hydrogen) atoms. The third-order valence-electron chi connectivity index (χ3n) is 3.69. The number of rotatable bonds is 5. The normalized spacial score (nSPS) is 12.2. The van der Waals surface area contributed by atoms with Gasteiger partial charge < -0.3 is 8.98 Å². The van der Waals surface area contributed by atoms with Crippen LogP contribution in [-0.4, -0.2) is 9.55 Å². The van der Waals surface area contributed by atoms with Crippen LogP contribution in [0.25, 0.3) is 11.5 Å². The predicted molar refractivity (Wildman–Crippen MR) is 89.1 cm³/mol. The summed E-state index contributed by atoms with van der Waals surface area (Å²) in [5.74, 6) is 0.885. The van der Waals surface area contributed by atoms with E-state index in [2.05, 4.69) is 28.8 Å². The molecule has 0 aliphatic carbocycles. The Kier molecular flexibility index (Phi) is 4.53. The van der Waals surface area contributed by atoms with Crippen LogP contribution < -0.4 is 4.80 Å². The Morgan fingerprint density at radius 2 is 2.14 bits per heavy atom. The van der Waals surface area contributed by atoms with Crippen LogP contribution in [0, 0.1) is 0 Å². The van der Waals surface area contributed by atoms with Crippen LogP contribution >= 0.6 is 11.3 Å². The highest BCUT2D eigenvalue weighted by Crippen LogP contribution is 2.27. The fraction of sp³-hybridized carbons (Fsp3) is 0.294. The Bertz CT molecular complexity index is 768. The maximum Gasteiger partial charge on any atom is 0.190 e. The Labute approximate surface area is 133 Å². The van der Waals surface area contributed by atoms with E-state index in [4.69, 9.17) is 9.41 Å². The first-order chi connectivity index (χ1) is 10.8. The van der Waals surface area contributed by atoms with Crippen molar-refractivity contribution in [3.8, 4) is 11.5 Å². The quantitative estimate of drug-likeness (QED) is 0.679. The van der Waals surface area contributed by atoms with E-state index in [1.807, 2.05) is 24.3 Å². The molecule has 0 saturated carbocycles. The lowest BCUT2D eigenvalue weighted by Gasteiger charge is -2.17. The molecule has 0 N–H and O–H groups in total. The van der Waals surface area contributed by atoms with Crippen molar-refractivity contribution in [2.45, 2.75) is 32.7 Å². The van der Waals surface area contributed by atoms with Gasteiger partial charge in [-0.1, -0.05) is 13.8 Å². The minimum atomic E-state index is 0.404. The summed E-state index contributed by atoms with van der Waals surface area (Å²) in [6.45, 7) is 4.41. The summed E-state index contributed by atoms with van der Waals surface area (Å²) in [5.41, 5.74) is 1.96. The molecular weight excluding hydrogens is 294 g/mol. The van der Waals surface area contributed by atoms with Crippen molar-refractivity contribution in [3.05, 3.63) is 53.1 Å². The number of nitrogens with zero attached hydrogens (tertiary/aromatic N) is 3. The van der Waals surface area contributed by atoms with Crippen LogP contribution in [0.2, 0.25) is 0 Å². The molecule has 0 fully saturated rings. The van der Waals surface area contributed by atoms with Crippen LogP contribution in [0.4, 0.5) is 5.69 Å². The van der Waals surface area contributed by atoms with Crippen molar-refractivity contribution in [3.63, 3.8) is 0 Å². The van der Waals surface area contributed by atoms with E-state index < -0.39 is 0 Å². The Hall–Kier alpha value is -2.14. The summed E-state index contributed by atoms with van der Waals surface area (Å²) in [4.78, 5) is 9.88. The molecule has 0 aliphatic rings. The molecule has 3 rings (SSSR count). The van der Waals surface area contributed by atoms with Crippen LogP contribution in [0.15, 0.2) is 57.7 Å². The largest absolute Gasteiger partial charge is 0.463 e. The zero-order valence-electron chi connectivity index (χ0n) is 12.8. The molecule has 3 aromatic rings. The van der Waals surface area contributed by atoms with Gasteiger partial charge in [0.05, 0.1) is 23.8 Å². The summed E-state index contributed by atoms with van der Waals surface area (Å²) in [6.07, 6.45) is 7.37. The second-order valence-electron chi connectivity index (χ2n) is 5.04. The fourth-order valence-electron chi connectivity index (χ4n) is 2.54. The highest BCUT2D eigenvalue weighted by Gasteiger charge is 2.16. The first-order valence-electron chi connectivity index (χ1n) is 7.52. The Balaban J connectivity index is 2.17. The average Bonchev–Trinajstić information content (AvgIpc) is 3.20. The molecule has 0 unspecified atom stereocenters. The van der Waals surface area contributed by atoms with Gasteiger partial charge in [-0.2, -0.15) is 0 Å². The number of hydrogen-bond donors (Lipinski definition) is 0. The van der Waals surface area contributed by atoms with Gasteiger partial charge in [-0.25, -0.2) is 4.99 Å². The van der Waals surface area contributed by atoms with Crippen molar-refractivity contribution in [1.82, 2.24) is 9.55 Å². The standard InChI is InChI=1S/C17H19N3OS/c1-3-14(4-2)20-15(16-8-6-10-21-16)12-22-17(20)19-13-7-5-9-18-11-13/h5-12,14H,3-4H2,1-2H3. The van der Waals surface area contributed by atoms with E-state index in [-0.39, 0.29) is 0 Å². The van der Waals surface area contributed by atoms with E-state index in [9.17, 15) is 0 Å². The molecule has 3 heterocycles. The second-order valence-corrected chi connectivity index (χ2v) is 5.88. The fourth-order valence-corrected chi connectivity index (χ4v) is 3.51. The molecule has 5 heteroatoms. The zero-order valence-corrected chi connectivity index (χ0v) is 13.6. The zero-order chi connectivity index (χ0) is 15.4. The first kappa shape index (κ1) is 14.8. The molecule has 0 atom stereocenters. The monoisotopic (exact) mass is 313 g/mol. The molecule has 4 nitrogen and oxygen atoms in total. The number of furan rings is 1. The van der Waals surface area contributed by atoms with Gasteiger partial charge in [0.25, 0.3) is 0 Å². The van der Waals surface area contributed by atoms with E-state index in [1.165, 1.54) is 0 Å². The van der Waals surface area contributed by atoms with Crippen LogP contribution in [0.3, 0.4) is 0 Å². The van der Waals surface area contributed by atoms with Crippen LogP contribution in [-0.2, 0) is 0 Å². The lowest BCUT2D eigenvalue weighted by molar-refractivity contribution is 0.459. The molecule has 0 aliphatic heterocycles. The van der Waals surface area contributed by atoms with Gasteiger partial charge in [0.1, 0.15) is 0 Å². The second kappa shape index (κ2) is 6.75. The van der Waals surface area contributed by atoms with E-state index in [1.54, 1.807) is 30.0 Å². The minimum Gasteiger partial charge on any atom is -0.463 e. The summed E-state index contributed by atoms with van der Waals surface area (Å²) in [7, 11) is 0. The lowest BCUT2D eigenvalue weighted by Crippen LogP contribution is -2.20. The first-order valence-corrected chi connectivity index (χ1v) is 8.40. The molecule has 0 amide bonds. The van der Waals surface area contributed by atoms with Crippen molar-refractivity contribution in [1.29, 1.82) is 0 Å². The molecular formula is C17H19N3OS. The van der Waals surface area contributed by atoms with Crippen LogP contribution in [0.1, 0.15) is 32.7 Å². The maximum absolute atomic E-state index is 5.59. The average molecular weight is 313 g/mol. The topological polar surface area (TPSA) is 43.3 Å². The molecule has 0 radical (unpaired) electrons. The van der Waals surface area contributed by atoms with E-state index >= 15 is 0 Å². The molecule has 0 saturated heterocycles. The summed E-state index contributed by atoms with van der Waals surface area (Å²) < 4.78 is 7.88. The van der Waals surface area contributed by atoms with Gasteiger partial charge in [-0.15, -0.1) is 11.3 Å². The Morgan fingerprint density at radius 3 is 2.77 bits per heavy atom. The molecule has 114 valence electrons. The van der Waals surface area contributed by atoms with Gasteiger partial charge in [0.15, 0.2) is 10.6 Å². The number of pyridine rings is 1. The molecule has 3 aromatic heterocycles. The van der Waals surface area contributed by atoms with Gasteiger partial charge in [0, 0.05) is 17.6 Å². The predicted octanol–water partition coefficient (Wildman–Crippen LogP) is 4.80. The molecule has 0 bridgehead atoms. The third kappa shape index (κ3) is 2.90. The SMILES string of the molecule is CCC(CC)n1c(-c2ccco2)csc1=Nc1cccnc1. The van der Waals surface area contributed by atoms with Crippen molar-refractivity contribution in [2.75, 3.05) is 0 Å². The van der Waals surface area contributed by atoms with Gasteiger partial charge in [-0.05, 0) is 37.1 Å². The van der Waals surface area contributed by atoms with E-state index in [0.717, 1.165) is 34.8 Å². The highest BCUT2D eigenvalue weighted by atomic mass is 32.1. The minimum absolute atomic E-state index is 0.404. The van der Waals surface area contributed by atoms with Crippen molar-refractivity contribution >= 4 is 17.0 Å². The summed E-state index contributed by atoms with van der Waals surface area (Å²) in [5, 5.41) is 2.12. The van der Waals surface area contributed by atoms with Crippen molar-refractivity contribution in [2.24, 2.45) is 4.99 Å². The number of thiazole rings is 1.